The van der Waals surface area contributed by atoms with Crippen molar-refractivity contribution in [1.29, 1.82) is 0 Å². The minimum absolute atomic E-state index is 0.185. The average molecular weight is 415 g/mol. The van der Waals surface area contributed by atoms with Gasteiger partial charge in [-0.2, -0.15) is 0 Å². The number of imidazole rings is 1. The van der Waals surface area contributed by atoms with Gasteiger partial charge in [-0.15, -0.1) is 0 Å². The van der Waals surface area contributed by atoms with E-state index in [1.165, 1.54) is 0 Å². The summed E-state index contributed by atoms with van der Waals surface area (Å²) in [6.07, 6.45) is 1.57. The van der Waals surface area contributed by atoms with Gasteiger partial charge in [0.25, 0.3) is 0 Å². The summed E-state index contributed by atoms with van der Waals surface area (Å²) >= 11 is 0. The molecule has 0 aliphatic carbocycles. The van der Waals surface area contributed by atoms with Crippen molar-refractivity contribution < 1.29 is 14.6 Å². The van der Waals surface area contributed by atoms with Crippen LogP contribution in [-0.2, 0) is 4.74 Å². The van der Waals surface area contributed by atoms with Gasteiger partial charge in [0.15, 0.2) is 0 Å². The van der Waals surface area contributed by atoms with Crippen LogP contribution in [0.5, 0.6) is 5.75 Å². The number of likely N-dealkylation sites (tertiary alicyclic amines) is 1. The average Bonchev–Trinajstić information content (AvgIpc) is 3.07. The monoisotopic (exact) mass is 415 g/mol. The largest absolute Gasteiger partial charge is 0.508 e. The van der Waals surface area contributed by atoms with Crippen molar-refractivity contribution in [1.82, 2.24) is 14.5 Å². The lowest BCUT2D eigenvalue weighted by molar-refractivity contribution is 0.00151. The van der Waals surface area contributed by atoms with Gasteiger partial charge in [-0.1, -0.05) is 30.3 Å². The number of carbonyl (C=O) groups excluding carboxylic acids is 1. The predicted molar refractivity (Wildman–Crippen MR) is 121 cm³/mol. The van der Waals surface area contributed by atoms with Crippen molar-refractivity contribution in [3.8, 4) is 16.9 Å². The Morgan fingerprint density at radius 2 is 1.87 bits per heavy atom. The maximum Gasteiger partial charge on any atom is 0.410 e. The Morgan fingerprint density at radius 3 is 2.65 bits per heavy atom. The first-order valence-electron chi connectivity index (χ1n) is 10.5. The maximum absolute atomic E-state index is 12.2. The Morgan fingerprint density at radius 1 is 1.10 bits per heavy atom. The number of hydrogen-bond acceptors (Lipinski definition) is 4. The summed E-state index contributed by atoms with van der Waals surface area (Å²) in [5.41, 5.74) is 3.42. The highest BCUT2D eigenvalue weighted by atomic mass is 16.6. The number of phenolic OH excluding ortho intramolecular Hbond substituents is 1. The lowest BCUT2D eigenvalue weighted by Crippen LogP contribution is -2.52. The number of carbonyl (C=O) groups is 1. The van der Waals surface area contributed by atoms with E-state index in [1.54, 1.807) is 17.0 Å². The quantitative estimate of drug-likeness (QED) is 0.479. The highest BCUT2D eigenvalue weighted by molar-refractivity contribution is 5.99. The summed E-state index contributed by atoms with van der Waals surface area (Å²) in [4.78, 5) is 18.5. The Bertz CT molecular complexity index is 1300. The minimum atomic E-state index is -0.490. The van der Waals surface area contributed by atoms with Crippen LogP contribution in [0.25, 0.3) is 32.9 Å². The first kappa shape index (κ1) is 19.4. The second-order valence-electron chi connectivity index (χ2n) is 9.11. The van der Waals surface area contributed by atoms with Crippen LogP contribution in [-0.4, -0.2) is 44.3 Å². The zero-order valence-electron chi connectivity index (χ0n) is 17.9. The van der Waals surface area contributed by atoms with Gasteiger partial charge in [-0.25, -0.2) is 9.78 Å². The van der Waals surface area contributed by atoms with Crippen molar-refractivity contribution >= 4 is 27.9 Å². The zero-order chi connectivity index (χ0) is 21.8. The number of ether oxygens (including phenoxy) is 1. The van der Waals surface area contributed by atoms with Crippen LogP contribution in [0, 0.1) is 0 Å². The third-order valence-corrected chi connectivity index (χ3v) is 5.64. The normalized spacial score (nSPS) is 14.7. The summed E-state index contributed by atoms with van der Waals surface area (Å²) in [6, 6.07) is 18.0. The molecule has 1 N–H and O–H groups in total. The molecule has 1 aliphatic heterocycles. The van der Waals surface area contributed by atoms with Crippen LogP contribution in [0.15, 0.2) is 60.9 Å². The molecule has 1 fully saturated rings. The number of aromatic nitrogens is 2. The van der Waals surface area contributed by atoms with E-state index in [4.69, 9.17) is 4.74 Å². The molecule has 31 heavy (non-hydrogen) atoms. The topological polar surface area (TPSA) is 67.6 Å². The Hall–Kier alpha value is -3.54. The fraction of sp³-hybridized carbons (Fsp3) is 0.280. The van der Waals surface area contributed by atoms with Crippen LogP contribution in [0.3, 0.4) is 0 Å². The van der Waals surface area contributed by atoms with Gasteiger partial charge in [0.1, 0.15) is 11.4 Å². The number of fused-ring (bicyclic) bond motifs is 2. The Kier molecular flexibility index (Phi) is 4.39. The maximum atomic E-state index is 12.2. The third kappa shape index (κ3) is 3.58. The molecule has 1 aliphatic rings. The van der Waals surface area contributed by atoms with Crippen molar-refractivity contribution in [2.24, 2.45) is 0 Å². The van der Waals surface area contributed by atoms with Crippen LogP contribution >= 0.6 is 0 Å². The second-order valence-corrected chi connectivity index (χ2v) is 9.11. The summed E-state index contributed by atoms with van der Waals surface area (Å²) in [6.45, 7) is 6.84. The van der Waals surface area contributed by atoms with E-state index >= 15 is 0 Å². The highest BCUT2D eigenvalue weighted by Gasteiger charge is 2.35. The number of benzene rings is 3. The van der Waals surface area contributed by atoms with Gasteiger partial charge in [0, 0.05) is 13.1 Å². The van der Waals surface area contributed by atoms with Gasteiger partial charge < -0.3 is 19.3 Å². The van der Waals surface area contributed by atoms with Crippen molar-refractivity contribution in [2.45, 2.75) is 32.4 Å². The lowest BCUT2D eigenvalue weighted by Gasteiger charge is -2.40. The molecule has 4 aromatic rings. The molecule has 0 bridgehead atoms. The molecule has 1 saturated heterocycles. The van der Waals surface area contributed by atoms with E-state index in [9.17, 15) is 9.90 Å². The van der Waals surface area contributed by atoms with Crippen molar-refractivity contribution in [2.75, 3.05) is 13.1 Å². The van der Waals surface area contributed by atoms with Gasteiger partial charge in [-0.3, -0.25) is 0 Å². The Labute approximate surface area is 180 Å². The molecule has 1 amide bonds. The van der Waals surface area contributed by atoms with E-state index < -0.39 is 5.60 Å². The number of rotatable bonds is 2. The summed E-state index contributed by atoms with van der Waals surface area (Å²) in [7, 11) is 0. The van der Waals surface area contributed by atoms with Crippen molar-refractivity contribution in [3.05, 3.63) is 60.9 Å². The highest BCUT2D eigenvalue weighted by Crippen LogP contribution is 2.35. The molecule has 3 aromatic carbocycles. The molecule has 0 radical (unpaired) electrons. The van der Waals surface area contributed by atoms with E-state index in [0.29, 0.717) is 13.1 Å². The molecule has 5 rings (SSSR count). The SMILES string of the molecule is CC(C)(C)OC(=O)N1CC(n2cnc3cc(-c4cc(O)cc5ccccc45)ccc32)C1. The standard InChI is InChI=1S/C25H25N3O3/c1-25(2,3)31-24(30)27-13-18(14-27)28-15-26-22-11-17(8-9-23(22)28)21-12-19(29)10-16-6-4-5-7-20(16)21/h4-12,15,18,29H,13-14H2,1-3H3. The molecule has 0 unspecified atom stereocenters. The first-order valence-corrected chi connectivity index (χ1v) is 10.5. The Balaban J connectivity index is 1.42. The fourth-order valence-corrected chi connectivity index (χ4v) is 4.13. The van der Waals surface area contributed by atoms with Crippen LogP contribution in [0.4, 0.5) is 4.79 Å². The molecule has 6 nitrogen and oxygen atoms in total. The van der Waals surface area contributed by atoms with Gasteiger partial charge in [-0.05, 0) is 66.9 Å². The molecule has 0 atom stereocenters. The van der Waals surface area contributed by atoms with E-state index in [1.807, 2.05) is 45.3 Å². The first-order chi connectivity index (χ1) is 14.8. The van der Waals surface area contributed by atoms with E-state index in [0.717, 1.165) is 32.9 Å². The molecule has 2 heterocycles. The molecule has 1 aromatic heterocycles. The molecule has 158 valence electrons. The van der Waals surface area contributed by atoms with Crippen LogP contribution in [0.1, 0.15) is 26.8 Å². The molecule has 0 spiro atoms. The third-order valence-electron chi connectivity index (χ3n) is 5.64. The summed E-state index contributed by atoms with van der Waals surface area (Å²) < 4.78 is 7.57. The van der Waals surface area contributed by atoms with Crippen LogP contribution in [0.2, 0.25) is 0 Å². The number of nitrogens with zero attached hydrogens (tertiary/aromatic N) is 3. The predicted octanol–water partition coefficient (Wildman–Crippen LogP) is 5.35. The van der Waals surface area contributed by atoms with Gasteiger partial charge in [0.2, 0.25) is 0 Å². The summed E-state index contributed by atoms with van der Waals surface area (Å²) in [5.74, 6) is 0.246. The molecule has 6 heteroatoms. The summed E-state index contributed by atoms with van der Waals surface area (Å²) in [5, 5.41) is 12.3. The number of phenols is 1. The lowest BCUT2D eigenvalue weighted by atomic mass is 9.97. The fourth-order valence-electron chi connectivity index (χ4n) is 4.13. The smallest absolute Gasteiger partial charge is 0.410 e. The molecular formula is C25H25N3O3. The number of amides is 1. The van der Waals surface area contributed by atoms with E-state index in [-0.39, 0.29) is 17.9 Å². The van der Waals surface area contributed by atoms with Gasteiger partial charge in [0.05, 0.1) is 23.4 Å². The van der Waals surface area contributed by atoms with Crippen molar-refractivity contribution in [3.63, 3.8) is 0 Å². The number of aromatic hydroxyl groups is 1. The van der Waals surface area contributed by atoms with Gasteiger partial charge >= 0.3 is 6.09 Å². The number of hydrogen-bond donors (Lipinski definition) is 1. The molecule has 0 saturated carbocycles. The molecular weight excluding hydrogens is 390 g/mol. The van der Waals surface area contributed by atoms with Crippen LogP contribution < -0.4 is 0 Å². The minimum Gasteiger partial charge on any atom is -0.508 e. The van der Waals surface area contributed by atoms with E-state index in [2.05, 4.69) is 33.8 Å². The second kappa shape index (κ2) is 7.01. The zero-order valence-corrected chi connectivity index (χ0v) is 17.9.